The molecule has 2 fully saturated rings. The molecule has 2 heteroatoms. The Labute approximate surface area is 137 Å². The summed E-state index contributed by atoms with van der Waals surface area (Å²) in [5.74, 6) is 3.63. The maximum Gasteiger partial charge on any atom is 0.0901 e. The first-order valence-corrected chi connectivity index (χ1v) is 9.59. The second kappa shape index (κ2) is 10.3. The molecule has 0 heterocycles. The number of unbranched alkanes of at least 4 members (excludes halogenated alkanes) is 1. The van der Waals surface area contributed by atoms with Crippen molar-refractivity contribution in [3.63, 3.8) is 0 Å². The highest BCUT2D eigenvalue weighted by Crippen LogP contribution is 2.41. The van der Waals surface area contributed by atoms with E-state index in [2.05, 4.69) is 13.0 Å². The topological polar surface area (TPSA) is 18.5 Å². The van der Waals surface area contributed by atoms with Gasteiger partial charge in [0, 0.05) is 13.7 Å². The Bertz CT molecular complexity index is 297. The summed E-state index contributed by atoms with van der Waals surface area (Å²) in [6, 6.07) is 0. The first kappa shape index (κ1) is 17.8. The van der Waals surface area contributed by atoms with Crippen molar-refractivity contribution < 1.29 is 9.47 Å². The Kier molecular flexibility index (Phi) is 8.36. The van der Waals surface area contributed by atoms with Crippen molar-refractivity contribution in [1.82, 2.24) is 0 Å². The molecule has 0 aromatic carbocycles. The molecular weight excluding hydrogens is 272 g/mol. The van der Waals surface area contributed by atoms with E-state index in [1.165, 1.54) is 57.8 Å². The lowest BCUT2D eigenvalue weighted by molar-refractivity contribution is 0.0834. The standard InChI is InChI=1S/C20H36O2/c1-3-4-5-14-22-16-18-8-12-20(13-9-18)19-10-6-17(7-11-19)15-21-2/h5,14,17-20H,3-4,6-13,15-16H2,1-2H3/b14-5-/t17-,18?,19-,20?. The third-order valence-corrected chi connectivity index (χ3v) is 5.83. The van der Waals surface area contributed by atoms with Crippen LogP contribution in [0.2, 0.25) is 0 Å². The molecule has 0 bridgehead atoms. The minimum Gasteiger partial charge on any atom is -0.501 e. The van der Waals surface area contributed by atoms with Crippen LogP contribution in [0.15, 0.2) is 12.3 Å². The van der Waals surface area contributed by atoms with Crippen LogP contribution in [0, 0.1) is 23.7 Å². The Morgan fingerprint density at radius 2 is 1.36 bits per heavy atom. The lowest BCUT2D eigenvalue weighted by Gasteiger charge is -2.37. The average Bonchev–Trinajstić information content (AvgIpc) is 2.56. The molecule has 128 valence electrons. The van der Waals surface area contributed by atoms with Crippen molar-refractivity contribution in [3.8, 4) is 0 Å². The van der Waals surface area contributed by atoms with Gasteiger partial charge in [0.25, 0.3) is 0 Å². The van der Waals surface area contributed by atoms with E-state index in [9.17, 15) is 0 Å². The first-order chi connectivity index (χ1) is 10.8. The van der Waals surface area contributed by atoms with Crippen molar-refractivity contribution in [1.29, 1.82) is 0 Å². The Morgan fingerprint density at radius 3 is 1.86 bits per heavy atom. The normalized spacial score (nSPS) is 33.2. The molecule has 0 saturated heterocycles. The van der Waals surface area contributed by atoms with Crippen LogP contribution in [0.3, 0.4) is 0 Å². The summed E-state index contributed by atoms with van der Waals surface area (Å²) < 4.78 is 11.0. The molecular formula is C20H36O2. The van der Waals surface area contributed by atoms with Crippen molar-refractivity contribution in [2.75, 3.05) is 20.3 Å². The van der Waals surface area contributed by atoms with E-state index in [4.69, 9.17) is 9.47 Å². The van der Waals surface area contributed by atoms with Crippen LogP contribution in [-0.4, -0.2) is 20.3 Å². The van der Waals surface area contributed by atoms with Crippen LogP contribution in [0.25, 0.3) is 0 Å². The minimum absolute atomic E-state index is 0.798. The molecule has 0 aliphatic heterocycles. The first-order valence-electron chi connectivity index (χ1n) is 9.59. The molecule has 2 aliphatic carbocycles. The van der Waals surface area contributed by atoms with Crippen LogP contribution in [-0.2, 0) is 9.47 Å². The number of hydrogen-bond donors (Lipinski definition) is 0. The molecule has 0 N–H and O–H groups in total. The van der Waals surface area contributed by atoms with E-state index in [0.29, 0.717) is 0 Å². The van der Waals surface area contributed by atoms with Gasteiger partial charge in [0.2, 0.25) is 0 Å². The van der Waals surface area contributed by atoms with Gasteiger partial charge in [-0.3, -0.25) is 0 Å². The molecule has 0 aromatic heterocycles. The fourth-order valence-corrected chi connectivity index (χ4v) is 4.38. The van der Waals surface area contributed by atoms with Crippen molar-refractivity contribution in [2.24, 2.45) is 23.7 Å². The second-order valence-electron chi connectivity index (χ2n) is 7.51. The SMILES string of the molecule is CCC/C=C\OCC1CCC([C@H]2CC[C@H](COC)CC2)CC1. The summed E-state index contributed by atoms with van der Waals surface area (Å²) in [7, 11) is 1.84. The van der Waals surface area contributed by atoms with E-state index < -0.39 is 0 Å². The van der Waals surface area contributed by atoms with E-state index >= 15 is 0 Å². The van der Waals surface area contributed by atoms with Crippen molar-refractivity contribution >= 4 is 0 Å². The molecule has 0 atom stereocenters. The van der Waals surface area contributed by atoms with Crippen molar-refractivity contribution in [2.45, 2.75) is 71.1 Å². The van der Waals surface area contributed by atoms with Gasteiger partial charge in [0.15, 0.2) is 0 Å². The molecule has 0 amide bonds. The predicted molar refractivity (Wildman–Crippen MR) is 92.8 cm³/mol. The molecule has 0 aromatic rings. The Hall–Kier alpha value is -0.500. The Balaban J connectivity index is 1.59. The number of allylic oxidation sites excluding steroid dienone is 1. The van der Waals surface area contributed by atoms with Gasteiger partial charge in [0.05, 0.1) is 12.9 Å². The summed E-state index contributed by atoms with van der Waals surface area (Å²) in [5.41, 5.74) is 0. The molecule has 2 saturated carbocycles. The number of rotatable bonds is 8. The fraction of sp³-hybridized carbons (Fsp3) is 0.900. The third kappa shape index (κ3) is 5.95. The fourth-order valence-electron chi connectivity index (χ4n) is 4.38. The van der Waals surface area contributed by atoms with Gasteiger partial charge in [-0.05, 0) is 87.5 Å². The molecule has 0 unspecified atom stereocenters. The molecule has 2 nitrogen and oxygen atoms in total. The van der Waals surface area contributed by atoms with E-state index in [0.717, 1.165) is 43.3 Å². The lowest BCUT2D eigenvalue weighted by Crippen LogP contribution is -2.27. The number of hydrogen-bond acceptors (Lipinski definition) is 2. The van der Waals surface area contributed by atoms with E-state index in [-0.39, 0.29) is 0 Å². The molecule has 22 heavy (non-hydrogen) atoms. The quantitative estimate of drug-likeness (QED) is 0.545. The molecule has 0 radical (unpaired) electrons. The summed E-state index contributed by atoms with van der Waals surface area (Å²) >= 11 is 0. The lowest BCUT2D eigenvalue weighted by atomic mass is 9.69. The Morgan fingerprint density at radius 1 is 0.818 bits per heavy atom. The van der Waals surface area contributed by atoms with E-state index in [1.807, 2.05) is 13.4 Å². The highest BCUT2D eigenvalue weighted by Gasteiger charge is 2.30. The van der Waals surface area contributed by atoms with Gasteiger partial charge in [0.1, 0.15) is 0 Å². The van der Waals surface area contributed by atoms with Crippen molar-refractivity contribution in [3.05, 3.63) is 12.3 Å². The van der Waals surface area contributed by atoms with Crippen LogP contribution in [0.5, 0.6) is 0 Å². The average molecular weight is 309 g/mol. The van der Waals surface area contributed by atoms with Crippen LogP contribution in [0.4, 0.5) is 0 Å². The van der Waals surface area contributed by atoms with Gasteiger partial charge in [-0.25, -0.2) is 0 Å². The smallest absolute Gasteiger partial charge is 0.0901 e. The van der Waals surface area contributed by atoms with Crippen LogP contribution in [0.1, 0.15) is 71.1 Å². The monoisotopic (exact) mass is 308 g/mol. The molecule has 2 rings (SSSR count). The van der Waals surface area contributed by atoms with Gasteiger partial charge in [-0.1, -0.05) is 13.3 Å². The maximum atomic E-state index is 5.70. The van der Waals surface area contributed by atoms with Crippen LogP contribution >= 0.6 is 0 Å². The minimum atomic E-state index is 0.798. The zero-order chi connectivity index (χ0) is 15.6. The maximum absolute atomic E-state index is 5.70. The largest absolute Gasteiger partial charge is 0.501 e. The molecule has 0 spiro atoms. The summed E-state index contributed by atoms with van der Waals surface area (Å²) in [4.78, 5) is 0. The van der Waals surface area contributed by atoms with Crippen LogP contribution < -0.4 is 0 Å². The highest BCUT2D eigenvalue weighted by atomic mass is 16.5. The number of ether oxygens (including phenoxy) is 2. The highest BCUT2D eigenvalue weighted by molar-refractivity contribution is 4.82. The number of methoxy groups -OCH3 is 1. The van der Waals surface area contributed by atoms with Gasteiger partial charge in [-0.2, -0.15) is 0 Å². The second-order valence-corrected chi connectivity index (χ2v) is 7.51. The summed E-state index contributed by atoms with van der Waals surface area (Å²) in [6.07, 6.45) is 17.7. The van der Waals surface area contributed by atoms with Gasteiger partial charge < -0.3 is 9.47 Å². The summed E-state index contributed by atoms with van der Waals surface area (Å²) in [5, 5.41) is 0. The van der Waals surface area contributed by atoms with Gasteiger partial charge in [-0.15, -0.1) is 0 Å². The zero-order valence-corrected chi connectivity index (χ0v) is 14.8. The van der Waals surface area contributed by atoms with E-state index in [1.54, 1.807) is 0 Å². The zero-order valence-electron chi connectivity index (χ0n) is 14.8. The summed E-state index contributed by atoms with van der Waals surface area (Å²) in [6.45, 7) is 4.12. The third-order valence-electron chi connectivity index (χ3n) is 5.83. The predicted octanol–water partition coefficient (Wildman–Crippen LogP) is 5.58. The van der Waals surface area contributed by atoms with Gasteiger partial charge >= 0.3 is 0 Å². The molecule has 2 aliphatic rings.